The number of nitrogen functional groups attached to an aromatic ring is 1. The molecule has 0 fully saturated rings. The highest BCUT2D eigenvalue weighted by molar-refractivity contribution is 9.10. The van der Waals surface area contributed by atoms with Crippen LogP contribution in [0, 0.1) is 13.8 Å². The van der Waals surface area contributed by atoms with Crippen LogP contribution in [0.1, 0.15) is 11.1 Å². The molecule has 0 unspecified atom stereocenters. The number of anilines is 1. The van der Waals surface area contributed by atoms with E-state index in [9.17, 15) is 5.11 Å². The Morgan fingerprint density at radius 2 is 1.78 bits per heavy atom. The third-order valence-corrected chi connectivity index (χ3v) is 4.77. The maximum absolute atomic E-state index is 10.7. The highest BCUT2D eigenvalue weighted by Gasteiger charge is 2.20. The number of nitrogens with two attached hydrogens (primary N) is 1. The van der Waals surface area contributed by atoms with Crippen LogP contribution >= 0.6 is 15.9 Å². The predicted molar refractivity (Wildman–Crippen MR) is 99.2 cm³/mol. The van der Waals surface area contributed by atoms with Crippen LogP contribution in [-0.4, -0.2) is 12.2 Å². The van der Waals surface area contributed by atoms with E-state index >= 15 is 0 Å². The van der Waals surface area contributed by atoms with Gasteiger partial charge in [0.2, 0.25) is 0 Å². The van der Waals surface area contributed by atoms with Gasteiger partial charge < -0.3 is 15.6 Å². The average Bonchev–Trinajstić information content (AvgIpc) is 2.51. The first-order valence-corrected chi connectivity index (χ1v) is 8.09. The number of aromatic hydroxyl groups is 1. The molecule has 0 aliphatic heterocycles. The molecule has 0 bridgehead atoms. The van der Waals surface area contributed by atoms with Crippen molar-refractivity contribution in [1.82, 2.24) is 0 Å². The molecule has 0 aliphatic rings. The monoisotopic (exact) mass is 371 g/mol. The molecular weight excluding hydrogens is 354 g/mol. The largest absolute Gasteiger partial charge is 0.506 e. The maximum atomic E-state index is 10.7. The third-order valence-electron chi connectivity index (χ3n) is 4.16. The standard InChI is InChI=1S/C19H18BrNO2/c1-10-8-15(21)16(11(2)19(10)23-3)17-13-7-5-4-6-12(13)9-14(20)18(17)22/h4-9,22H,21H2,1-3H3. The number of hydrogen-bond donors (Lipinski definition) is 2. The maximum Gasteiger partial charge on any atom is 0.138 e. The van der Waals surface area contributed by atoms with E-state index in [4.69, 9.17) is 10.5 Å². The Kier molecular flexibility index (Phi) is 3.94. The van der Waals surface area contributed by atoms with Gasteiger partial charge >= 0.3 is 0 Å². The zero-order chi connectivity index (χ0) is 16.7. The highest BCUT2D eigenvalue weighted by Crippen LogP contribution is 2.47. The molecule has 0 amide bonds. The van der Waals surface area contributed by atoms with Crippen LogP contribution < -0.4 is 10.5 Å². The number of benzene rings is 3. The summed E-state index contributed by atoms with van der Waals surface area (Å²) in [5, 5.41) is 12.7. The Morgan fingerprint density at radius 3 is 2.48 bits per heavy atom. The molecule has 3 rings (SSSR count). The lowest BCUT2D eigenvalue weighted by Crippen LogP contribution is -2.00. The fourth-order valence-electron chi connectivity index (χ4n) is 3.20. The van der Waals surface area contributed by atoms with Crippen LogP contribution in [0.4, 0.5) is 5.69 Å². The second-order valence-electron chi connectivity index (χ2n) is 5.62. The van der Waals surface area contributed by atoms with Gasteiger partial charge in [-0.25, -0.2) is 0 Å². The number of fused-ring (bicyclic) bond motifs is 1. The summed E-state index contributed by atoms with van der Waals surface area (Å²) in [4.78, 5) is 0. The Morgan fingerprint density at radius 1 is 1.09 bits per heavy atom. The van der Waals surface area contributed by atoms with Crippen LogP contribution in [0.5, 0.6) is 11.5 Å². The van der Waals surface area contributed by atoms with Crippen molar-refractivity contribution in [3.63, 3.8) is 0 Å². The van der Waals surface area contributed by atoms with Gasteiger partial charge in [-0.1, -0.05) is 24.3 Å². The van der Waals surface area contributed by atoms with E-state index in [1.165, 1.54) is 0 Å². The Labute approximate surface area is 143 Å². The van der Waals surface area contributed by atoms with Crippen molar-refractivity contribution >= 4 is 32.4 Å². The van der Waals surface area contributed by atoms with Crippen molar-refractivity contribution in [2.45, 2.75) is 13.8 Å². The van der Waals surface area contributed by atoms with E-state index in [1.807, 2.05) is 50.2 Å². The summed E-state index contributed by atoms with van der Waals surface area (Å²) in [5.41, 5.74) is 10.4. The van der Waals surface area contributed by atoms with Crippen LogP contribution in [0.2, 0.25) is 0 Å². The Hall–Kier alpha value is -2.20. The fourth-order valence-corrected chi connectivity index (χ4v) is 3.64. The zero-order valence-electron chi connectivity index (χ0n) is 13.3. The smallest absolute Gasteiger partial charge is 0.138 e. The summed E-state index contributed by atoms with van der Waals surface area (Å²) in [5.74, 6) is 0.974. The summed E-state index contributed by atoms with van der Waals surface area (Å²) in [6.45, 7) is 3.93. The molecule has 0 radical (unpaired) electrons. The zero-order valence-corrected chi connectivity index (χ0v) is 14.9. The minimum Gasteiger partial charge on any atom is -0.506 e. The van der Waals surface area contributed by atoms with E-state index < -0.39 is 0 Å². The van der Waals surface area contributed by atoms with Gasteiger partial charge in [-0.05, 0) is 58.2 Å². The van der Waals surface area contributed by atoms with Gasteiger partial charge in [0.25, 0.3) is 0 Å². The van der Waals surface area contributed by atoms with E-state index in [0.717, 1.165) is 38.8 Å². The van der Waals surface area contributed by atoms with Crippen molar-refractivity contribution in [2.24, 2.45) is 0 Å². The molecule has 0 saturated heterocycles. The number of methoxy groups -OCH3 is 1. The molecule has 0 aliphatic carbocycles. The molecule has 118 valence electrons. The second kappa shape index (κ2) is 5.78. The van der Waals surface area contributed by atoms with Gasteiger partial charge in [-0.15, -0.1) is 0 Å². The predicted octanol–water partition coefficient (Wildman–Crippen LogP) is 5.18. The first-order valence-electron chi connectivity index (χ1n) is 7.30. The van der Waals surface area contributed by atoms with Gasteiger partial charge in [-0.3, -0.25) is 0 Å². The van der Waals surface area contributed by atoms with Crippen molar-refractivity contribution in [3.05, 3.63) is 52.0 Å². The van der Waals surface area contributed by atoms with Gasteiger partial charge in [0.05, 0.1) is 11.6 Å². The summed E-state index contributed by atoms with van der Waals surface area (Å²) >= 11 is 3.44. The molecule has 0 saturated carbocycles. The highest BCUT2D eigenvalue weighted by atomic mass is 79.9. The van der Waals surface area contributed by atoms with E-state index in [0.29, 0.717) is 10.2 Å². The number of hydrogen-bond acceptors (Lipinski definition) is 3. The first kappa shape index (κ1) is 15.7. The lowest BCUT2D eigenvalue weighted by molar-refractivity contribution is 0.409. The van der Waals surface area contributed by atoms with Crippen molar-refractivity contribution < 1.29 is 9.84 Å². The molecule has 23 heavy (non-hydrogen) atoms. The summed E-state index contributed by atoms with van der Waals surface area (Å²) in [7, 11) is 1.65. The summed E-state index contributed by atoms with van der Waals surface area (Å²) in [6.07, 6.45) is 0. The number of phenols is 1. The lowest BCUT2D eigenvalue weighted by atomic mass is 9.91. The molecule has 3 N–H and O–H groups in total. The van der Waals surface area contributed by atoms with E-state index in [1.54, 1.807) is 7.11 Å². The van der Waals surface area contributed by atoms with Crippen LogP contribution in [0.3, 0.4) is 0 Å². The summed E-state index contributed by atoms with van der Waals surface area (Å²) in [6, 6.07) is 11.7. The molecule has 0 atom stereocenters. The number of ether oxygens (including phenoxy) is 1. The normalized spacial score (nSPS) is 11.0. The molecule has 0 spiro atoms. The molecule has 4 heteroatoms. The fraction of sp³-hybridized carbons (Fsp3) is 0.158. The van der Waals surface area contributed by atoms with Crippen molar-refractivity contribution in [2.75, 3.05) is 12.8 Å². The molecule has 0 heterocycles. The Balaban J connectivity index is 2.49. The van der Waals surface area contributed by atoms with Crippen molar-refractivity contribution in [3.8, 4) is 22.6 Å². The molecule has 0 aromatic heterocycles. The minimum absolute atomic E-state index is 0.185. The van der Waals surface area contributed by atoms with Crippen LogP contribution in [0.15, 0.2) is 40.9 Å². The van der Waals surface area contributed by atoms with Gasteiger partial charge in [0.15, 0.2) is 0 Å². The van der Waals surface area contributed by atoms with Gasteiger partial charge in [-0.2, -0.15) is 0 Å². The van der Waals surface area contributed by atoms with E-state index in [2.05, 4.69) is 15.9 Å². The van der Waals surface area contributed by atoms with Crippen LogP contribution in [0.25, 0.3) is 21.9 Å². The van der Waals surface area contributed by atoms with E-state index in [-0.39, 0.29) is 5.75 Å². The second-order valence-corrected chi connectivity index (χ2v) is 6.47. The number of phenolic OH excluding ortho intramolecular Hbond substituents is 1. The molecule has 3 aromatic carbocycles. The first-order chi connectivity index (χ1) is 11.0. The number of aryl methyl sites for hydroxylation is 1. The number of halogens is 1. The third kappa shape index (κ3) is 2.43. The molecule has 3 nitrogen and oxygen atoms in total. The topological polar surface area (TPSA) is 55.5 Å². The van der Waals surface area contributed by atoms with Gasteiger partial charge in [0.1, 0.15) is 11.5 Å². The Bertz CT molecular complexity index is 919. The van der Waals surface area contributed by atoms with Crippen LogP contribution in [-0.2, 0) is 0 Å². The van der Waals surface area contributed by atoms with Gasteiger partial charge in [0, 0.05) is 22.4 Å². The number of rotatable bonds is 2. The quantitative estimate of drug-likeness (QED) is 0.610. The summed E-state index contributed by atoms with van der Waals surface area (Å²) < 4.78 is 6.17. The minimum atomic E-state index is 0.185. The SMILES string of the molecule is COc1c(C)cc(N)c(-c2c(O)c(Br)cc3ccccc23)c1C. The lowest BCUT2D eigenvalue weighted by Gasteiger charge is -2.19. The average molecular weight is 372 g/mol. The molecule has 3 aromatic rings. The van der Waals surface area contributed by atoms with Crippen molar-refractivity contribution in [1.29, 1.82) is 0 Å². The molecular formula is C19H18BrNO2.